The predicted octanol–water partition coefficient (Wildman–Crippen LogP) is 1.55. The maximum atomic E-state index is 10.7. The van der Waals surface area contributed by atoms with E-state index >= 15 is 0 Å². The first kappa shape index (κ1) is 13.2. The zero-order chi connectivity index (χ0) is 12.1. The monoisotopic (exact) mass is 243 g/mol. The molecule has 0 radical (unpaired) electrons. The van der Waals surface area contributed by atoms with Crippen LogP contribution in [0.1, 0.15) is 28.4 Å². The van der Waals surface area contributed by atoms with E-state index in [1.807, 2.05) is 19.9 Å². The number of hydrogen-bond acceptors (Lipinski definition) is 4. The molecule has 3 N–H and O–H groups in total. The fraction of sp³-hybridized carbons (Fsp3) is 0.545. The molecule has 2 atom stereocenters. The lowest BCUT2D eigenvalue weighted by atomic mass is 10.1. The zero-order valence-electron chi connectivity index (χ0n) is 9.43. The molecule has 4 nitrogen and oxygen atoms in total. The van der Waals surface area contributed by atoms with Gasteiger partial charge in [0.15, 0.2) is 0 Å². The minimum Gasteiger partial charge on any atom is -0.477 e. The van der Waals surface area contributed by atoms with Gasteiger partial charge in [0.2, 0.25) is 0 Å². The number of carbonyl (C=O) groups is 1. The zero-order valence-corrected chi connectivity index (χ0v) is 10.3. The summed E-state index contributed by atoms with van der Waals surface area (Å²) in [5.74, 6) is -0.688. The average Bonchev–Trinajstić information content (AvgIpc) is 2.73. The van der Waals surface area contributed by atoms with Gasteiger partial charge in [0.1, 0.15) is 4.88 Å². The molecule has 0 aromatic carbocycles. The summed E-state index contributed by atoms with van der Waals surface area (Å²) in [6, 6.07) is 3.64. The van der Waals surface area contributed by atoms with E-state index in [2.05, 4.69) is 5.32 Å². The summed E-state index contributed by atoms with van der Waals surface area (Å²) in [6.07, 6.45) is 0. The van der Waals surface area contributed by atoms with Crippen molar-refractivity contribution >= 4 is 17.3 Å². The maximum absolute atomic E-state index is 10.7. The minimum atomic E-state index is -0.881. The summed E-state index contributed by atoms with van der Waals surface area (Å²) in [5, 5.41) is 21.0. The summed E-state index contributed by atoms with van der Waals surface area (Å²) < 4.78 is 0. The highest BCUT2D eigenvalue weighted by atomic mass is 32.1. The molecule has 0 aliphatic rings. The molecule has 2 unspecified atom stereocenters. The molecule has 0 aliphatic carbocycles. The minimum absolute atomic E-state index is 0.152. The van der Waals surface area contributed by atoms with Crippen molar-refractivity contribution in [1.29, 1.82) is 0 Å². The van der Waals surface area contributed by atoms with Crippen molar-refractivity contribution in [2.75, 3.05) is 6.61 Å². The molecule has 1 aromatic heterocycles. The van der Waals surface area contributed by atoms with Gasteiger partial charge in [0.25, 0.3) is 0 Å². The van der Waals surface area contributed by atoms with Crippen LogP contribution >= 0.6 is 11.3 Å². The van der Waals surface area contributed by atoms with E-state index in [9.17, 15) is 4.79 Å². The fourth-order valence-corrected chi connectivity index (χ4v) is 2.01. The lowest BCUT2D eigenvalue weighted by Gasteiger charge is -2.18. The summed E-state index contributed by atoms with van der Waals surface area (Å²) >= 11 is 1.28. The molecule has 0 aliphatic heterocycles. The molecule has 0 spiro atoms. The molecule has 0 saturated heterocycles. The van der Waals surface area contributed by atoms with Gasteiger partial charge in [-0.2, -0.15) is 0 Å². The van der Waals surface area contributed by atoms with Crippen LogP contribution in [0.4, 0.5) is 0 Å². The molecular formula is C11H17NO3S. The van der Waals surface area contributed by atoms with Crippen molar-refractivity contribution < 1.29 is 15.0 Å². The van der Waals surface area contributed by atoms with E-state index in [-0.39, 0.29) is 18.6 Å². The van der Waals surface area contributed by atoms with Crippen molar-refractivity contribution in [3.05, 3.63) is 21.9 Å². The Morgan fingerprint density at radius 3 is 2.69 bits per heavy atom. The molecule has 1 heterocycles. The summed E-state index contributed by atoms with van der Waals surface area (Å²) in [6.45, 7) is 4.77. The Morgan fingerprint density at radius 2 is 2.19 bits per heavy atom. The summed E-state index contributed by atoms with van der Waals surface area (Å²) in [5.41, 5.74) is 0. The Labute approximate surface area is 98.9 Å². The first-order valence-corrected chi connectivity index (χ1v) is 6.02. The first-order valence-electron chi connectivity index (χ1n) is 5.20. The Balaban J connectivity index is 2.45. The molecule has 1 aromatic rings. The third-order valence-corrected chi connectivity index (χ3v) is 3.69. The van der Waals surface area contributed by atoms with Gasteiger partial charge in [-0.15, -0.1) is 11.3 Å². The van der Waals surface area contributed by atoms with Crippen LogP contribution in [0.2, 0.25) is 0 Å². The Hall–Kier alpha value is -0.910. The second-order valence-electron chi connectivity index (χ2n) is 3.90. The second-order valence-corrected chi connectivity index (χ2v) is 5.07. The smallest absolute Gasteiger partial charge is 0.345 e. The normalized spacial score (nSPS) is 14.7. The number of rotatable bonds is 6. The summed E-state index contributed by atoms with van der Waals surface area (Å²) in [7, 11) is 0. The van der Waals surface area contributed by atoms with Crippen molar-refractivity contribution in [2.45, 2.75) is 26.4 Å². The molecule has 1 rings (SSSR count). The second kappa shape index (κ2) is 5.98. The van der Waals surface area contributed by atoms with Crippen LogP contribution < -0.4 is 5.32 Å². The van der Waals surface area contributed by atoms with Gasteiger partial charge in [-0.05, 0) is 25.0 Å². The standard InChI is InChI=1S/C11H17NO3S/c1-7(6-13)8(2)12-5-9-3-4-10(16-9)11(14)15/h3-4,7-8,12-13H,5-6H2,1-2H3,(H,14,15). The molecule has 16 heavy (non-hydrogen) atoms. The molecule has 5 heteroatoms. The van der Waals surface area contributed by atoms with Crippen LogP contribution in [0, 0.1) is 5.92 Å². The number of aromatic carboxylic acids is 1. The van der Waals surface area contributed by atoms with E-state index in [1.165, 1.54) is 11.3 Å². The largest absolute Gasteiger partial charge is 0.477 e. The first-order chi connectivity index (χ1) is 7.54. The van der Waals surface area contributed by atoms with Crippen LogP contribution in [-0.2, 0) is 6.54 Å². The molecule has 90 valence electrons. The molecule has 0 amide bonds. The van der Waals surface area contributed by atoms with Crippen LogP contribution in [-0.4, -0.2) is 28.8 Å². The van der Waals surface area contributed by atoms with Crippen molar-refractivity contribution in [2.24, 2.45) is 5.92 Å². The van der Waals surface area contributed by atoms with E-state index in [4.69, 9.17) is 10.2 Å². The third-order valence-electron chi connectivity index (χ3n) is 2.61. The third kappa shape index (κ3) is 3.59. The summed E-state index contributed by atoms with van der Waals surface area (Å²) in [4.78, 5) is 12.0. The quantitative estimate of drug-likeness (QED) is 0.709. The number of hydrogen-bond donors (Lipinski definition) is 3. The highest BCUT2D eigenvalue weighted by molar-refractivity contribution is 7.13. The number of aliphatic hydroxyl groups is 1. The van der Waals surface area contributed by atoms with Gasteiger partial charge in [-0.3, -0.25) is 0 Å². The van der Waals surface area contributed by atoms with E-state index in [0.29, 0.717) is 11.4 Å². The molecule has 0 bridgehead atoms. The van der Waals surface area contributed by atoms with Gasteiger partial charge in [-0.25, -0.2) is 4.79 Å². The van der Waals surface area contributed by atoms with Crippen molar-refractivity contribution in [3.63, 3.8) is 0 Å². The average molecular weight is 243 g/mol. The van der Waals surface area contributed by atoms with Gasteiger partial charge >= 0.3 is 5.97 Å². The number of thiophene rings is 1. The molecular weight excluding hydrogens is 226 g/mol. The van der Waals surface area contributed by atoms with Crippen LogP contribution in [0.3, 0.4) is 0 Å². The lowest BCUT2D eigenvalue weighted by molar-refractivity contribution is 0.0702. The predicted molar refractivity (Wildman–Crippen MR) is 63.8 cm³/mol. The highest BCUT2D eigenvalue weighted by Crippen LogP contribution is 2.16. The molecule has 0 fully saturated rings. The maximum Gasteiger partial charge on any atom is 0.345 e. The molecule has 0 saturated carbocycles. The number of aliphatic hydroxyl groups excluding tert-OH is 1. The topological polar surface area (TPSA) is 69.6 Å². The fourth-order valence-electron chi connectivity index (χ4n) is 1.21. The Morgan fingerprint density at radius 1 is 1.50 bits per heavy atom. The van der Waals surface area contributed by atoms with E-state index < -0.39 is 5.97 Å². The van der Waals surface area contributed by atoms with Crippen LogP contribution in [0.25, 0.3) is 0 Å². The van der Waals surface area contributed by atoms with Gasteiger partial charge < -0.3 is 15.5 Å². The van der Waals surface area contributed by atoms with Crippen molar-refractivity contribution in [1.82, 2.24) is 5.32 Å². The van der Waals surface area contributed by atoms with Gasteiger partial charge in [0.05, 0.1) is 0 Å². The Kier molecular flexibility index (Phi) is 4.92. The Bertz CT molecular complexity index is 351. The van der Waals surface area contributed by atoms with Crippen molar-refractivity contribution in [3.8, 4) is 0 Å². The number of carboxylic acids is 1. The van der Waals surface area contributed by atoms with E-state index in [0.717, 1.165) is 4.88 Å². The van der Waals surface area contributed by atoms with Crippen LogP contribution in [0.5, 0.6) is 0 Å². The number of nitrogens with one attached hydrogen (secondary N) is 1. The van der Waals surface area contributed by atoms with E-state index in [1.54, 1.807) is 6.07 Å². The lowest BCUT2D eigenvalue weighted by Crippen LogP contribution is -2.33. The van der Waals surface area contributed by atoms with Gasteiger partial charge in [-0.1, -0.05) is 6.92 Å². The van der Waals surface area contributed by atoms with Gasteiger partial charge in [0, 0.05) is 24.1 Å². The van der Waals surface area contributed by atoms with Crippen LogP contribution in [0.15, 0.2) is 12.1 Å². The highest BCUT2D eigenvalue weighted by Gasteiger charge is 2.11. The SMILES string of the molecule is CC(CO)C(C)NCc1ccc(C(=O)O)s1. The number of carboxylic acid groups (broad SMARTS) is 1.